The fraction of sp³-hybridized carbons (Fsp3) is 0.385. The molecule has 0 radical (unpaired) electrons. The molecule has 1 saturated heterocycles. The minimum absolute atomic E-state index is 0. The second-order valence-corrected chi connectivity index (χ2v) is 9.28. The van der Waals surface area contributed by atoms with Crippen LogP contribution in [0.25, 0.3) is 10.9 Å². The number of likely N-dealkylation sites (tertiary alicyclic amines) is 1. The predicted octanol–water partition coefficient (Wildman–Crippen LogP) is 3.93. The topological polar surface area (TPSA) is 91.2 Å². The summed E-state index contributed by atoms with van der Waals surface area (Å²) >= 11 is 0. The van der Waals surface area contributed by atoms with Crippen LogP contribution in [0.5, 0.6) is 0 Å². The third kappa shape index (κ3) is 5.57. The van der Waals surface area contributed by atoms with Crippen LogP contribution in [-0.2, 0) is 9.59 Å². The standard InChI is InChI=1S/C26H32N4O2.ClH/c1-26(2,27)25(32)29-17-22(21-16-28-23-11-7-6-10-20(21)23)24(31)30-14-12-19(13-15-30)18-8-4-3-5-9-18;/h3-11,16,19,22,28H,12-15,17,27H2,1-2H3,(H,29,32);1H/t22-;/m0./s1. The zero-order chi connectivity index (χ0) is 22.7. The van der Waals surface area contributed by atoms with Gasteiger partial charge in [-0.2, -0.15) is 0 Å². The second-order valence-electron chi connectivity index (χ2n) is 9.28. The van der Waals surface area contributed by atoms with Crippen LogP contribution in [-0.4, -0.2) is 46.9 Å². The number of piperidine rings is 1. The van der Waals surface area contributed by atoms with E-state index in [0.29, 0.717) is 19.0 Å². The lowest BCUT2D eigenvalue weighted by atomic mass is 9.88. The fourth-order valence-electron chi connectivity index (χ4n) is 4.51. The van der Waals surface area contributed by atoms with Gasteiger partial charge in [0, 0.05) is 36.7 Å². The van der Waals surface area contributed by atoms with Crippen LogP contribution in [0.15, 0.2) is 60.8 Å². The normalized spacial score (nSPS) is 15.7. The summed E-state index contributed by atoms with van der Waals surface area (Å²) in [4.78, 5) is 31.3. The highest BCUT2D eigenvalue weighted by Crippen LogP contribution is 2.31. The number of nitrogens with two attached hydrogens (primary N) is 1. The average molecular weight is 469 g/mol. The van der Waals surface area contributed by atoms with Crippen molar-refractivity contribution in [2.24, 2.45) is 5.73 Å². The van der Waals surface area contributed by atoms with Gasteiger partial charge in [-0.15, -0.1) is 12.4 Å². The zero-order valence-electron chi connectivity index (χ0n) is 19.2. The Hall–Kier alpha value is -2.83. The van der Waals surface area contributed by atoms with E-state index in [1.807, 2.05) is 41.4 Å². The number of nitrogens with one attached hydrogen (secondary N) is 2. The molecule has 0 bridgehead atoms. The van der Waals surface area contributed by atoms with Crippen LogP contribution in [0.1, 0.15) is 49.7 Å². The SMILES string of the molecule is CC(C)(N)C(=O)NC[C@H](C(=O)N1CCC(c2ccccc2)CC1)c1c[nH]c2ccccc12.Cl. The zero-order valence-corrected chi connectivity index (χ0v) is 20.0. The van der Waals surface area contributed by atoms with Gasteiger partial charge < -0.3 is 20.9 Å². The molecule has 0 spiro atoms. The van der Waals surface area contributed by atoms with Crippen molar-refractivity contribution < 1.29 is 9.59 Å². The smallest absolute Gasteiger partial charge is 0.239 e. The number of carbonyl (C=O) groups is 2. The largest absolute Gasteiger partial charge is 0.361 e. The highest BCUT2D eigenvalue weighted by atomic mass is 35.5. The minimum atomic E-state index is -0.998. The number of amides is 2. The molecule has 2 heterocycles. The van der Waals surface area contributed by atoms with Crippen molar-refractivity contribution in [3.05, 3.63) is 71.9 Å². The molecule has 3 aromatic rings. The number of hydrogen-bond donors (Lipinski definition) is 3. The summed E-state index contributed by atoms with van der Waals surface area (Å²) in [6, 6.07) is 18.4. The molecule has 4 rings (SSSR count). The summed E-state index contributed by atoms with van der Waals surface area (Å²) in [7, 11) is 0. The summed E-state index contributed by atoms with van der Waals surface area (Å²) < 4.78 is 0. The Morgan fingerprint density at radius 1 is 1.09 bits per heavy atom. The van der Waals surface area contributed by atoms with Crippen molar-refractivity contribution in [2.75, 3.05) is 19.6 Å². The molecule has 6 nitrogen and oxygen atoms in total. The van der Waals surface area contributed by atoms with Crippen molar-refractivity contribution in [3.8, 4) is 0 Å². The van der Waals surface area contributed by atoms with Crippen molar-refractivity contribution in [1.29, 1.82) is 0 Å². The average Bonchev–Trinajstić information content (AvgIpc) is 3.23. The van der Waals surface area contributed by atoms with E-state index in [1.54, 1.807) is 13.8 Å². The number of nitrogens with zero attached hydrogens (tertiary/aromatic N) is 1. The van der Waals surface area contributed by atoms with E-state index in [9.17, 15) is 9.59 Å². The third-order valence-electron chi connectivity index (χ3n) is 6.42. The van der Waals surface area contributed by atoms with Crippen molar-refractivity contribution >= 4 is 35.1 Å². The lowest BCUT2D eigenvalue weighted by Gasteiger charge is -2.34. The van der Waals surface area contributed by atoms with Crippen LogP contribution < -0.4 is 11.1 Å². The second kappa shape index (κ2) is 10.4. The van der Waals surface area contributed by atoms with E-state index in [4.69, 9.17) is 5.73 Å². The van der Waals surface area contributed by atoms with Gasteiger partial charge in [0.25, 0.3) is 0 Å². The molecule has 0 aliphatic carbocycles. The van der Waals surface area contributed by atoms with E-state index in [1.165, 1.54) is 5.56 Å². The maximum atomic E-state index is 13.7. The highest BCUT2D eigenvalue weighted by Gasteiger charge is 2.32. The number of rotatable bonds is 6. The maximum Gasteiger partial charge on any atom is 0.239 e. The Labute approximate surface area is 201 Å². The van der Waals surface area contributed by atoms with Gasteiger partial charge in [-0.05, 0) is 49.8 Å². The maximum absolute atomic E-state index is 13.7. The molecule has 0 unspecified atom stereocenters. The number of para-hydroxylation sites is 1. The third-order valence-corrected chi connectivity index (χ3v) is 6.42. The van der Waals surface area contributed by atoms with Crippen LogP contribution >= 0.6 is 12.4 Å². The van der Waals surface area contributed by atoms with E-state index < -0.39 is 11.5 Å². The van der Waals surface area contributed by atoms with Gasteiger partial charge >= 0.3 is 0 Å². The lowest BCUT2D eigenvalue weighted by molar-refractivity contribution is -0.134. The van der Waals surface area contributed by atoms with Gasteiger partial charge in [0.1, 0.15) is 0 Å². The van der Waals surface area contributed by atoms with Crippen molar-refractivity contribution in [3.63, 3.8) is 0 Å². The first-order valence-electron chi connectivity index (χ1n) is 11.3. The predicted molar refractivity (Wildman–Crippen MR) is 135 cm³/mol. The summed E-state index contributed by atoms with van der Waals surface area (Å²) in [5.74, 6) is -0.204. The lowest BCUT2D eigenvalue weighted by Crippen LogP contribution is -2.51. The molecule has 1 aliphatic heterocycles. The number of carbonyl (C=O) groups excluding carboxylic acids is 2. The number of H-pyrrole nitrogens is 1. The Morgan fingerprint density at radius 3 is 2.39 bits per heavy atom. The first-order valence-corrected chi connectivity index (χ1v) is 11.3. The quantitative estimate of drug-likeness (QED) is 0.511. The molecule has 1 fully saturated rings. The Balaban J connectivity index is 0.00000306. The van der Waals surface area contributed by atoms with Crippen LogP contribution in [0.2, 0.25) is 0 Å². The minimum Gasteiger partial charge on any atom is -0.361 e. The Kier molecular flexibility index (Phi) is 7.82. The number of aromatic nitrogens is 1. The number of benzene rings is 2. The monoisotopic (exact) mass is 468 g/mol. The first kappa shape index (κ1) is 24.8. The van der Waals surface area contributed by atoms with E-state index >= 15 is 0 Å². The molecule has 33 heavy (non-hydrogen) atoms. The Bertz CT molecular complexity index is 1080. The van der Waals surface area contributed by atoms with Gasteiger partial charge in [0.05, 0.1) is 11.5 Å². The summed E-state index contributed by atoms with van der Waals surface area (Å²) in [6.07, 6.45) is 3.78. The first-order chi connectivity index (χ1) is 15.3. The Morgan fingerprint density at radius 2 is 1.73 bits per heavy atom. The van der Waals surface area contributed by atoms with Gasteiger partial charge in [0.2, 0.25) is 11.8 Å². The number of hydrogen-bond acceptors (Lipinski definition) is 3. The summed E-state index contributed by atoms with van der Waals surface area (Å²) in [5, 5.41) is 3.91. The molecule has 176 valence electrons. The van der Waals surface area contributed by atoms with E-state index in [2.05, 4.69) is 34.6 Å². The van der Waals surface area contributed by atoms with Crippen LogP contribution in [0.3, 0.4) is 0 Å². The molecule has 4 N–H and O–H groups in total. The molecule has 1 atom stereocenters. The summed E-state index contributed by atoms with van der Waals surface area (Å²) in [6.45, 7) is 4.98. The van der Waals surface area contributed by atoms with Gasteiger partial charge in [-0.1, -0.05) is 48.5 Å². The fourth-order valence-corrected chi connectivity index (χ4v) is 4.51. The molecular weight excluding hydrogens is 436 g/mol. The van der Waals surface area contributed by atoms with Crippen molar-refractivity contribution in [1.82, 2.24) is 15.2 Å². The highest BCUT2D eigenvalue weighted by molar-refractivity contribution is 5.93. The van der Waals surface area contributed by atoms with Crippen molar-refractivity contribution in [2.45, 2.75) is 44.1 Å². The van der Waals surface area contributed by atoms with Gasteiger partial charge in [-0.25, -0.2) is 0 Å². The molecule has 2 aromatic carbocycles. The van der Waals surface area contributed by atoms with E-state index in [-0.39, 0.29) is 30.8 Å². The number of fused-ring (bicyclic) bond motifs is 1. The van der Waals surface area contributed by atoms with E-state index in [0.717, 1.165) is 29.3 Å². The molecule has 0 saturated carbocycles. The molecule has 1 aromatic heterocycles. The molecule has 1 aliphatic rings. The van der Waals surface area contributed by atoms with Gasteiger partial charge in [-0.3, -0.25) is 9.59 Å². The number of halogens is 1. The summed E-state index contributed by atoms with van der Waals surface area (Å²) in [5.41, 5.74) is 8.18. The molecule has 7 heteroatoms. The molecular formula is C26H33ClN4O2. The number of aromatic amines is 1. The van der Waals surface area contributed by atoms with Crippen LogP contribution in [0, 0.1) is 0 Å². The van der Waals surface area contributed by atoms with Crippen LogP contribution in [0.4, 0.5) is 0 Å². The molecule has 2 amide bonds. The van der Waals surface area contributed by atoms with Gasteiger partial charge in [0.15, 0.2) is 0 Å².